The average molecular weight is 421 g/mol. The van der Waals surface area contributed by atoms with Gasteiger partial charge in [-0.2, -0.15) is 0 Å². The van der Waals surface area contributed by atoms with Gasteiger partial charge in [-0.1, -0.05) is 53.7 Å². The van der Waals surface area contributed by atoms with Crippen LogP contribution >= 0.6 is 23.1 Å². The summed E-state index contributed by atoms with van der Waals surface area (Å²) in [5.41, 5.74) is 4.03. The molecule has 0 fully saturated rings. The molecule has 1 amide bonds. The Hall–Kier alpha value is -2.90. The van der Waals surface area contributed by atoms with Crippen LogP contribution in [0.5, 0.6) is 0 Å². The van der Waals surface area contributed by atoms with Crippen LogP contribution in [-0.2, 0) is 4.79 Å². The molecule has 0 atom stereocenters. The van der Waals surface area contributed by atoms with E-state index in [1.807, 2.05) is 65.4 Å². The topological polar surface area (TPSA) is 59.8 Å². The molecule has 0 saturated heterocycles. The Kier molecular flexibility index (Phi) is 5.78. The molecule has 0 unspecified atom stereocenters. The van der Waals surface area contributed by atoms with Crippen molar-refractivity contribution < 1.29 is 4.79 Å². The van der Waals surface area contributed by atoms with Gasteiger partial charge < -0.3 is 5.32 Å². The lowest BCUT2D eigenvalue weighted by Crippen LogP contribution is -2.15. The second kappa shape index (κ2) is 8.63. The summed E-state index contributed by atoms with van der Waals surface area (Å²) < 4.78 is 2.01. The normalized spacial score (nSPS) is 10.8. The zero-order valence-corrected chi connectivity index (χ0v) is 17.8. The van der Waals surface area contributed by atoms with Crippen LogP contribution < -0.4 is 5.32 Å². The van der Waals surface area contributed by atoms with E-state index in [2.05, 4.69) is 34.6 Å². The van der Waals surface area contributed by atoms with Crippen LogP contribution in [0.3, 0.4) is 0 Å². The first-order valence-corrected chi connectivity index (χ1v) is 11.0. The number of aromatic nitrogens is 3. The predicted octanol–water partition coefficient (Wildman–Crippen LogP) is 5.34. The summed E-state index contributed by atoms with van der Waals surface area (Å²) >= 11 is 3.00. The fraction of sp³-hybridized carbons (Fsp3) is 0.136. The SMILES string of the molecule is Cc1ccc(-n2c(SCC(=O)Nc3ccccc3C)nnc2-c2cccs2)cc1. The van der Waals surface area contributed by atoms with Crippen LogP contribution in [0.4, 0.5) is 5.69 Å². The van der Waals surface area contributed by atoms with Crippen LogP contribution in [0.2, 0.25) is 0 Å². The maximum atomic E-state index is 12.5. The largest absolute Gasteiger partial charge is 0.325 e. The van der Waals surface area contributed by atoms with Gasteiger partial charge in [0, 0.05) is 11.4 Å². The van der Waals surface area contributed by atoms with Crippen molar-refractivity contribution in [2.24, 2.45) is 0 Å². The highest BCUT2D eigenvalue weighted by Crippen LogP contribution is 2.30. The van der Waals surface area contributed by atoms with Gasteiger partial charge in [0.1, 0.15) is 0 Å². The molecule has 2 aromatic heterocycles. The number of thiophene rings is 1. The molecule has 2 aromatic carbocycles. The molecule has 7 heteroatoms. The molecule has 4 aromatic rings. The van der Waals surface area contributed by atoms with Crippen LogP contribution in [-0.4, -0.2) is 26.4 Å². The molecule has 5 nitrogen and oxygen atoms in total. The first kappa shape index (κ1) is 19.4. The molecular formula is C22H20N4OS2. The van der Waals surface area contributed by atoms with E-state index in [4.69, 9.17) is 0 Å². The van der Waals surface area contributed by atoms with E-state index in [1.54, 1.807) is 11.3 Å². The van der Waals surface area contributed by atoms with Crippen molar-refractivity contribution in [3.8, 4) is 16.4 Å². The van der Waals surface area contributed by atoms with E-state index in [0.29, 0.717) is 5.16 Å². The fourth-order valence-electron chi connectivity index (χ4n) is 2.88. The molecule has 0 aliphatic rings. The Morgan fingerprint density at radius 1 is 1.03 bits per heavy atom. The lowest BCUT2D eigenvalue weighted by molar-refractivity contribution is -0.113. The number of nitrogens with zero attached hydrogens (tertiary/aromatic N) is 3. The van der Waals surface area contributed by atoms with E-state index in [0.717, 1.165) is 27.6 Å². The highest BCUT2D eigenvalue weighted by molar-refractivity contribution is 7.99. The molecule has 1 N–H and O–H groups in total. The quantitative estimate of drug-likeness (QED) is 0.428. The molecular weight excluding hydrogens is 400 g/mol. The number of rotatable bonds is 6. The van der Waals surface area contributed by atoms with E-state index in [1.165, 1.54) is 17.3 Å². The van der Waals surface area contributed by atoms with E-state index in [9.17, 15) is 4.79 Å². The predicted molar refractivity (Wildman–Crippen MR) is 120 cm³/mol. The van der Waals surface area contributed by atoms with Gasteiger partial charge in [0.15, 0.2) is 11.0 Å². The summed E-state index contributed by atoms with van der Waals surface area (Å²) in [5.74, 6) is 0.967. The number of carbonyl (C=O) groups is 1. The van der Waals surface area contributed by atoms with Gasteiger partial charge in [0.25, 0.3) is 0 Å². The third-order valence-corrected chi connectivity index (χ3v) is 6.21. The number of anilines is 1. The second-order valence-corrected chi connectivity index (χ2v) is 8.50. The Bertz CT molecular complexity index is 1120. The Morgan fingerprint density at radius 3 is 2.55 bits per heavy atom. The maximum Gasteiger partial charge on any atom is 0.234 e. The summed E-state index contributed by atoms with van der Waals surface area (Å²) in [6, 6.07) is 20.0. The highest BCUT2D eigenvalue weighted by Gasteiger charge is 2.18. The van der Waals surface area contributed by atoms with Crippen LogP contribution in [0.25, 0.3) is 16.4 Å². The number of hydrogen-bond donors (Lipinski definition) is 1. The van der Waals surface area contributed by atoms with Gasteiger partial charge in [-0.3, -0.25) is 9.36 Å². The standard InChI is InChI=1S/C22H20N4OS2/c1-15-9-11-17(12-10-15)26-21(19-8-5-13-28-19)24-25-22(26)29-14-20(27)23-18-7-4-3-6-16(18)2/h3-13H,14H2,1-2H3,(H,23,27). The Labute approximate surface area is 177 Å². The minimum absolute atomic E-state index is 0.0690. The smallest absolute Gasteiger partial charge is 0.234 e. The first-order valence-electron chi connectivity index (χ1n) is 9.16. The third kappa shape index (κ3) is 4.41. The minimum atomic E-state index is -0.0690. The molecule has 146 valence electrons. The molecule has 0 bridgehead atoms. The van der Waals surface area contributed by atoms with E-state index < -0.39 is 0 Å². The zero-order chi connectivity index (χ0) is 20.2. The summed E-state index contributed by atoms with van der Waals surface area (Å²) in [6.07, 6.45) is 0. The van der Waals surface area contributed by atoms with Crippen molar-refractivity contribution in [3.05, 3.63) is 77.2 Å². The van der Waals surface area contributed by atoms with Gasteiger partial charge in [0.2, 0.25) is 5.91 Å². The number of benzene rings is 2. The highest BCUT2D eigenvalue weighted by atomic mass is 32.2. The Morgan fingerprint density at radius 2 is 1.83 bits per heavy atom. The van der Waals surface area contributed by atoms with Crippen LogP contribution in [0, 0.1) is 13.8 Å². The van der Waals surface area contributed by atoms with Crippen molar-refractivity contribution >= 4 is 34.7 Å². The summed E-state index contributed by atoms with van der Waals surface area (Å²) in [5, 5.41) is 14.5. The first-order chi connectivity index (χ1) is 14.1. The average Bonchev–Trinajstić information content (AvgIpc) is 3.38. The number of thioether (sulfide) groups is 1. The van der Waals surface area contributed by atoms with Crippen LogP contribution in [0.1, 0.15) is 11.1 Å². The number of hydrogen-bond acceptors (Lipinski definition) is 5. The molecule has 0 spiro atoms. The van der Waals surface area contributed by atoms with Crippen molar-refractivity contribution in [3.63, 3.8) is 0 Å². The van der Waals surface area contributed by atoms with Gasteiger partial charge in [0.05, 0.1) is 10.6 Å². The van der Waals surface area contributed by atoms with Crippen molar-refractivity contribution in [2.45, 2.75) is 19.0 Å². The number of amides is 1. The number of para-hydroxylation sites is 1. The lowest BCUT2D eigenvalue weighted by Gasteiger charge is -2.10. The third-order valence-electron chi connectivity index (χ3n) is 4.42. The molecule has 0 aliphatic carbocycles. The monoisotopic (exact) mass is 420 g/mol. The zero-order valence-electron chi connectivity index (χ0n) is 16.1. The van der Waals surface area contributed by atoms with Gasteiger partial charge in [-0.25, -0.2) is 0 Å². The van der Waals surface area contributed by atoms with Crippen molar-refractivity contribution in [1.82, 2.24) is 14.8 Å². The Balaban J connectivity index is 1.58. The summed E-state index contributed by atoms with van der Waals surface area (Å²) in [4.78, 5) is 13.5. The van der Waals surface area contributed by atoms with Crippen molar-refractivity contribution in [1.29, 1.82) is 0 Å². The minimum Gasteiger partial charge on any atom is -0.325 e. The maximum absolute atomic E-state index is 12.5. The van der Waals surface area contributed by atoms with Crippen molar-refractivity contribution in [2.75, 3.05) is 11.1 Å². The summed E-state index contributed by atoms with van der Waals surface area (Å²) in [7, 11) is 0. The van der Waals surface area contributed by atoms with Gasteiger partial charge in [-0.15, -0.1) is 21.5 Å². The number of carbonyl (C=O) groups excluding carboxylic acids is 1. The van der Waals surface area contributed by atoms with E-state index in [-0.39, 0.29) is 11.7 Å². The molecule has 2 heterocycles. The summed E-state index contributed by atoms with van der Waals surface area (Å²) in [6.45, 7) is 4.03. The van der Waals surface area contributed by atoms with Crippen LogP contribution in [0.15, 0.2) is 71.2 Å². The molecule has 29 heavy (non-hydrogen) atoms. The van der Waals surface area contributed by atoms with Gasteiger partial charge in [-0.05, 0) is 49.1 Å². The van der Waals surface area contributed by atoms with E-state index >= 15 is 0 Å². The lowest BCUT2D eigenvalue weighted by atomic mass is 10.2. The fourth-order valence-corrected chi connectivity index (χ4v) is 4.34. The molecule has 0 aliphatic heterocycles. The van der Waals surface area contributed by atoms with Gasteiger partial charge >= 0.3 is 0 Å². The molecule has 0 radical (unpaired) electrons. The second-order valence-electron chi connectivity index (χ2n) is 6.61. The molecule has 4 rings (SSSR count). The number of aryl methyl sites for hydroxylation is 2. The number of nitrogens with one attached hydrogen (secondary N) is 1. The molecule has 0 saturated carbocycles.